The van der Waals surface area contributed by atoms with E-state index in [1.54, 1.807) is 6.07 Å². The molecular weight excluding hydrogens is 222 g/mol. The molecule has 2 aromatic rings. The van der Waals surface area contributed by atoms with Gasteiger partial charge in [0.15, 0.2) is 0 Å². The van der Waals surface area contributed by atoms with Gasteiger partial charge in [-0.3, -0.25) is 0 Å². The molecule has 2 heterocycles. The van der Waals surface area contributed by atoms with E-state index in [9.17, 15) is 0 Å². The molecule has 6 heteroatoms. The molecule has 16 heavy (non-hydrogen) atoms. The summed E-state index contributed by atoms with van der Waals surface area (Å²) in [5.41, 5.74) is 1.34. The smallest absolute Gasteiger partial charge is 0.143 e. The lowest BCUT2D eigenvalue weighted by Gasteiger charge is -1.99. The van der Waals surface area contributed by atoms with Crippen molar-refractivity contribution in [2.75, 3.05) is 0 Å². The maximum Gasteiger partial charge on any atom is 0.143 e. The SMILES string of the molecule is Cc1ccc(Sc2nnccc2C#N)nn1. The van der Waals surface area contributed by atoms with E-state index in [0.29, 0.717) is 15.6 Å². The highest BCUT2D eigenvalue weighted by molar-refractivity contribution is 7.99. The summed E-state index contributed by atoms with van der Waals surface area (Å²) in [6.07, 6.45) is 1.49. The van der Waals surface area contributed by atoms with Crippen LogP contribution in [0.1, 0.15) is 11.3 Å². The lowest BCUT2D eigenvalue weighted by Crippen LogP contribution is -1.92. The monoisotopic (exact) mass is 229 g/mol. The topological polar surface area (TPSA) is 75.3 Å². The summed E-state index contributed by atoms with van der Waals surface area (Å²) in [4.78, 5) is 0. The van der Waals surface area contributed by atoms with Crippen LogP contribution >= 0.6 is 11.8 Å². The molecule has 0 radical (unpaired) electrons. The summed E-state index contributed by atoms with van der Waals surface area (Å²) in [6, 6.07) is 7.37. The van der Waals surface area contributed by atoms with Crippen LogP contribution in [0.3, 0.4) is 0 Å². The Labute approximate surface area is 96.5 Å². The van der Waals surface area contributed by atoms with Gasteiger partial charge in [0.25, 0.3) is 0 Å². The minimum atomic E-state index is 0.488. The second-order valence-electron chi connectivity index (χ2n) is 2.98. The van der Waals surface area contributed by atoms with E-state index in [-0.39, 0.29) is 0 Å². The van der Waals surface area contributed by atoms with Crippen LogP contribution in [-0.4, -0.2) is 20.4 Å². The number of rotatable bonds is 2. The van der Waals surface area contributed by atoms with Crippen molar-refractivity contribution in [1.29, 1.82) is 5.26 Å². The molecule has 0 unspecified atom stereocenters. The van der Waals surface area contributed by atoms with E-state index >= 15 is 0 Å². The molecular formula is C10H7N5S. The Morgan fingerprint density at radius 2 is 2.06 bits per heavy atom. The third kappa shape index (κ3) is 2.32. The highest BCUT2D eigenvalue weighted by atomic mass is 32.2. The molecule has 0 N–H and O–H groups in total. The van der Waals surface area contributed by atoms with Crippen molar-refractivity contribution in [1.82, 2.24) is 20.4 Å². The minimum absolute atomic E-state index is 0.488. The van der Waals surface area contributed by atoms with Gasteiger partial charge in [0.2, 0.25) is 0 Å². The van der Waals surface area contributed by atoms with Crippen molar-refractivity contribution < 1.29 is 0 Å². The van der Waals surface area contributed by atoms with Crippen LogP contribution in [-0.2, 0) is 0 Å². The van der Waals surface area contributed by atoms with Crippen LogP contribution in [0.25, 0.3) is 0 Å². The molecule has 0 aliphatic rings. The first kappa shape index (κ1) is 10.5. The number of hydrogen-bond donors (Lipinski definition) is 0. The maximum absolute atomic E-state index is 8.87. The molecule has 0 bridgehead atoms. The zero-order valence-electron chi connectivity index (χ0n) is 8.45. The standard InChI is InChI=1S/C10H7N5S/c1-7-2-3-9(14-13-7)16-10-8(6-11)4-5-12-15-10/h2-5H,1H3. The van der Waals surface area contributed by atoms with Crippen LogP contribution < -0.4 is 0 Å². The van der Waals surface area contributed by atoms with Gasteiger partial charge < -0.3 is 0 Å². The van der Waals surface area contributed by atoms with Crippen molar-refractivity contribution in [3.63, 3.8) is 0 Å². The summed E-state index contributed by atoms with van der Waals surface area (Å²) >= 11 is 1.28. The number of nitriles is 1. The van der Waals surface area contributed by atoms with Gasteiger partial charge in [0, 0.05) is 0 Å². The van der Waals surface area contributed by atoms with E-state index in [1.165, 1.54) is 18.0 Å². The average Bonchev–Trinajstić information content (AvgIpc) is 2.33. The summed E-state index contributed by atoms with van der Waals surface area (Å²) in [5, 5.41) is 25.7. The van der Waals surface area contributed by atoms with Gasteiger partial charge in [-0.15, -0.1) is 10.2 Å². The predicted molar refractivity (Wildman–Crippen MR) is 57.6 cm³/mol. The average molecular weight is 229 g/mol. The highest BCUT2D eigenvalue weighted by Gasteiger charge is 2.06. The van der Waals surface area contributed by atoms with Gasteiger partial charge in [0.05, 0.1) is 17.5 Å². The molecule has 0 aromatic carbocycles. The van der Waals surface area contributed by atoms with Crippen LogP contribution in [0.2, 0.25) is 0 Å². The van der Waals surface area contributed by atoms with E-state index in [0.717, 1.165) is 5.69 Å². The fraction of sp³-hybridized carbons (Fsp3) is 0.100. The molecule has 0 fully saturated rings. The van der Waals surface area contributed by atoms with Crippen LogP contribution in [0.4, 0.5) is 0 Å². The normalized spacial score (nSPS) is 9.75. The van der Waals surface area contributed by atoms with E-state index in [2.05, 4.69) is 26.5 Å². The minimum Gasteiger partial charge on any atom is -0.192 e. The summed E-state index contributed by atoms with van der Waals surface area (Å²) in [5.74, 6) is 0. The molecule has 0 spiro atoms. The Bertz CT molecular complexity index is 532. The summed E-state index contributed by atoms with van der Waals surface area (Å²) in [6.45, 7) is 1.87. The molecule has 5 nitrogen and oxygen atoms in total. The quantitative estimate of drug-likeness (QED) is 0.778. The van der Waals surface area contributed by atoms with Crippen molar-refractivity contribution in [3.05, 3.63) is 35.7 Å². The van der Waals surface area contributed by atoms with Gasteiger partial charge in [0.1, 0.15) is 16.1 Å². The Kier molecular flexibility index (Phi) is 3.08. The first-order valence-electron chi connectivity index (χ1n) is 4.49. The van der Waals surface area contributed by atoms with E-state index < -0.39 is 0 Å². The number of hydrogen-bond acceptors (Lipinski definition) is 6. The predicted octanol–water partition coefficient (Wildman–Crippen LogP) is 1.60. The third-order valence-electron chi connectivity index (χ3n) is 1.78. The zero-order chi connectivity index (χ0) is 11.4. The zero-order valence-corrected chi connectivity index (χ0v) is 9.27. The van der Waals surface area contributed by atoms with Crippen LogP contribution in [0, 0.1) is 18.3 Å². The van der Waals surface area contributed by atoms with Crippen LogP contribution in [0.5, 0.6) is 0 Å². The first-order chi connectivity index (χ1) is 7.79. The van der Waals surface area contributed by atoms with E-state index in [4.69, 9.17) is 5.26 Å². The van der Waals surface area contributed by atoms with Crippen molar-refractivity contribution in [3.8, 4) is 6.07 Å². The first-order valence-corrected chi connectivity index (χ1v) is 5.31. The van der Waals surface area contributed by atoms with Crippen molar-refractivity contribution in [2.24, 2.45) is 0 Å². The lowest BCUT2D eigenvalue weighted by atomic mass is 10.3. The number of aromatic nitrogens is 4. The Balaban J connectivity index is 2.27. The van der Waals surface area contributed by atoms with Gasteiger partial charge in [-0.05, 0) is 36.9 Å². The van der Waals surface area contributed by atoms with Crippen molar-refractivity contribution in [2.45, 2.75) is 17.0 Å². The Morgan fingerprint density at radius 3 is 2.75 bits per heavy atom. The maximum atomic E-state index is 8.87. The van der Waals surface area contributed by atoms with Crippen LogP contribution in [0.15, 0.2) is 34.4 Å². The number of aryl methyl sites for hydroxylation is 1. The van der Waals surface area contributed by atoms with Crippen molar-refractivity contribution >= 4 is 11.8 Å². The van der Waals surface area contributed by atoms with E-state index in [1.807, 2.05) is 19.1 Å². The fourth-order valence-corrected chi connectivity index (χ4v) is 1.75. The molecule has 2 aromatic heterocycles. The molecule has 2 rings (SSSR count). The fourth-order valence-electron chi connectivity index (χ4n) is 1.02. The Hall–Kier alpha value is -2.00. The summed E-state index contributed by atoms with van der Waals surface area (Å²) < 4.78 is 0. The number of nitrogens with zero attached hydrogens (tertiary/aromatic N) is 5. The molecule has 0 aliphatic heterocycles. The molecule has 0 aliphatic carbocycles. The van der Waals surface area contributed by atoms with Gasteiger partial charge >= 0.3 is 0 Å². The molecule has 0 amide bonds. The van der Waals surface area contributed by atoms with Gasteiger partial charge in [-0.2, -0.15) is 15.5 Å². The molecule has 78 valence electrons. The molecule has 0 saturated carbocycles. The third-order valence-corrected chi connectivity index (χ3v) is 2.70. The molecule has 0 atom stereocenters. The lowest BCUT2D eigenvalue weighted by molar-refractivity contribution is 0.882. The second-order valence-corrected chi connectivity index (χ2v) is 3.99. The largest absolute Gasteiger partial charge is 0.192 e. The van der Waals surface area contributed by atoms with Gasteiger partial charge in [-0.1, -0.05) is 0 Å². The summed E-state index contributed by atoms with van der Waals surface area (Å²) in [7, 11) is 0. The van der Waals surface area contributed by atoms with Gasteiger partial charge in [-0.25, -0.2) is 0 Å². The highest BCUT2D eigenvalue weighted by Crippen LogP contribution is 2.25. The molecule has 0 saturated heterocycles. The second kappa shape index (κ2) is 4.68. The Morgan fingerprint density at radius 1 is 1.19 bits per heavy atom.